The highest BCUT2D eigenvalue weighted by Crippen LogP contribution is 2.12. The maximum absolute atomic E-state index is 4.64. The van der Waals surface area contributed by atoms with Crippen molar-refractivity contribution in [2.45, 2.75) is 20.3 Å². The molecule has 1 N–H and O–H groups in total. The van der Waals surface area contributed by atoms with Gasteiger partial charge in [-0.25, -0.2) is 19.6 Å². The number of nitrogens with zero attached hydrogens (tertiary/aromatic N) is 8. The van der Waals surface area contributed by atoms with E-state index < -0.39 is 0 Å². The zero-order valence-electron chi connectivity index (χ0n) is 17.0. The average molecular weight is 393 g/mol. The van der Waals surface area contributed by atoms with Crippen LogP contribution in [0.2, 0.25) is 0 Å². The van der Waals surface area contributed by atoms with Crippen LogP contribution in [0.5, 0.6) is 0 Å². The molecule has 0 radical (unpaired) electrons. The number of rotatable bonds is 7. The van der Waals surface area contributed by atoms with E-state index in [0.29, 0.717) is 0 Å². The van der Waals surface area contributed by atoms with Crippen molar-refractivity contribution < 1.29 is 0 Å². The van der Waals surface area contributed by atoms with Crippen molar-refractivity contribution in [3.05, 3.63) is 48.3 Å². The Hall–Kier alpha value is -3.07. The quantitative estimate of drug-likeness (QED) is 0.607. The summed E-state index contributed by atoms with van der Waals surface area (Å²) < 4.78 is 1.82. The van der Waals surface area contributed by atoms with Crippen molar-refractivity contribution in [1.82, 2.24) is 34.6 Å². The summed E-state index contributed by atoms with van der Waals surface area (Å²) in [5, 5.41) is 7.86. The van der Waals surface area contributed by atoms with Crippen LogP contribution < -0.4 is 10.2 Å². The van der Waals surface area contributed by atoms with Crippen LogP contribution >= 0.6 is 0 Å². The van der Waals surface area contributed by atoms with Crippen LogP contribution in [0.3, 0.4) is 0 Å². The number of hydrogen-bond donors (Lipinski definition) is 1. The van der Waals surface area contributed by atoms with Gasteiger partial charge in [0.2, 0.25) is 5.95 Å². The van der Waals surface area contributed by atoms with Gasteiger partial charge in [0.25, 0.3) is 0 Å². The second-order valence-electron chi connectivity index (χ2n) is 7.26. The molecule has 3 aromatic heterocycles. The van der Waals surface area contributed by atoms with Crippen LogP contribution in [0.25, 0.3) is 5.82 Å². The first-order valence-corrected chi connectivity index (χ1v) is 10.0. The lowest BCUT2D eigenvalue weighted by Gasteiger charge is -2.34. The fourth-order valence-electron chi connectivity index (χ4n) is 3.55. The molecule has 0 aromatic carbocycles. The van der Waals surface area contributed by atoms with Gasteiger partial charge < -0.3 is 10.2 Å². The number of piperazine rings is 1. The molecule has 152 valence electrons. The van der Waals surface area contributed by atoms with Crippen molar-refractivity contribution in [1.29, 1.82) is 0 Å². The first-order chi connectivity index (χ1) is 14.2. The number of anilines is 2. The fraction of sp³-hybridized carbons (Fsp3) is 0.450. The van der Waals surface area contributed by atoms with Gasteiger partial charge in [-0.15, -0.1) is 0 Å². The minimum absolute atomic E-state index is 0.736. The van der Waals surface area contributed by atoms with Crippen molar-refractivity contribution in [2.24, 2.45) is 0 Å². The molecule has 0 amide bonds. The molecule has 0 spiro atoms. The van der Waals surface area contributed by atoms with Crippen molar-refractivity contribution in [3.63, 3.8) is 0 Å². The van der Waals surface area contributed by atoms with Gasteiger partial charge in [-0.2, -0.15) is 5.10 Å². The van der Waals surface area contributed by atoms with Gasteiger partial charge in [0.15, 0.2) is 5.82 Å². The molecule has 0 atom stereocenters. The maximum Gasteiger partial charge on any atom is 0.225 e. The number of nitrogens with one attached hydrogen (secondary N) is 1. The smallest absolute Gasteiger partial charge is 0.225 e. The van der Waals surface area contributed by atoms with Gasteiger partial charge in [0, 0.05) is 50.8 Å². The van der Waals surface area contributed by atoms with E-state index in [1.165, 1.54) is 0 Å². The number of aromatic nitrogens is 6. The lowest BCUT2D eigenvalue weighted by molar-refractivity contribution is 0.256. The Morgan fingerprint density at radius 1 is 1.03 bits per heavy atom. The van der Waals surface area contributed by atoms with Crippen molar-refractivity contribution in [2.75, 3.05) is 49.5 Å². The molecule has 0 bridgehead atoms. The summed E-state index contributed by atoms with van der Waals surface area (Å²) in [6.07, 6.45) is 8.14. The van der Waals surface area contributed by atoms with Gasteiger partial charge in [-0.1, -0.05) is 0 Å². The molecule has 4 rings (SSSR count). The Morgan fingerprint density at radius 2 is 1.83 bits per heavy atom. The first-order valence-electron chi connectivity index (χ1n) is 10.0. The van der Waals surface area contributed by atoms with E-state index in [1.54, 1.807) is 24.8 Å². The molecule has 4 heterocycles. The van der Waals surface area contributed by atoms with Crippen molar-refractivity contribution >= 4 is 11.8 Å². The highest BCUT2D eigenvalue weighted by atomic mass is 15.3. The lowest BCUT2D eigenvalue weighted by atomic mass is 10.3. The lowest BCUT2D eigenvalue weighted by Crippen LogP contribution is -2.47. The molecule has 0 aliphatic carbocycles. The molecule has 3 aromatic rings. The predicted molar refractivity (Wildman–Crippen MR) is 112 cm³/mol. The van der Waals surface area contributed by atoms with Gasteiger partial charge >= 0.3 is 0 Å². The zero-order valence-corrected chi connectivity index (χ0v) is 17.0. The van der Waals surface area contributed by atoms with E-state index in [4.69, 9.17) is 0 Å². The summed E-state index contributed by atoms with van der Waals surface area (Å²) >= 11 is 0. The highest BCUT2D eigenvalue weighted by Gasteiger charge is 2.18. The molecule has 1 aliphatic heterocycles. The third-order valence-electron chi connectivity index (χ3n) is 5.01. The van der Waals surface area contributed by atoms with Crippen LogP contribution in [0.4, 0.5) is 11.8 Å². The third kappa shape index (κ3) is 4.86. The summed E-state index contributed by atoms with van der Waals surface area (Å²) in [4.78, 5) is 22.3. The van der Waals surface area contributed by atoms with Gasteiger partial charge in [0.1, 0.15) is 5.82 Å². The first kappa shape index (κ1) is 19.3. The molecule has 0 unspecified atom stereocenters. The minimum Gasteiger partial charge on any atom is -0.369 e. The van der Waals surface area contributed by atoms with Crippen LogP contribution in [-0.2, 0) is 0 Å². The summed E-state index contributed by atoms with van der Waals surface area (Å²) in [5.74, 6) is 2.34. The van der Waals surface area contributed by atoms with Crippen LogP contribution in [-0.4, -0.2) is 73.9 Å². The molecule has 1 fully saturated rings. The summed E-state index contributed by atoms with van der Waals surface area (Å²) in [7, 11) is 0. The molecule has 1 saturated heterocycles. The Balaban J connectivity index is 1.21. The molecule has 29 heavy (non-hydrogen) atoms. The fourth-order valence-corrected chi connectivity index (χ4v) is 3.55. The van der Waals surface area contributed by atoms with Crippen molar-refractivity contribution in [3.8, 4) is 5.82 Å². The SMILES string of the molecule is Cc1cc(C)n(-c2cncc(NCCCN3CCN(c4ncccn4)CC3)n2)n1. The molecule has 9 nitrogen and oxygen atoms in total. The van der Waals surface area contributed by atoms with E-state index in [-0.39, 0.29) is 0 Å². The number of hydrogen-bond acceptors (Lipinski definition) is 8. The molecular weight excluding hydrogens is 366 g/mol. The Bertz CT molecular complexity index is 917. The summed E-state index contributed by atoms with van der Waals surface area (Å²) in [5.41, 5.74) is 2.02. The van der Waals surface area contributed by atoms with E-state index in [2.05, 4.69) is 40.2 Å². The summed E-state index contributed by atoms with van der Waals surface area (Å²) in [6.45, 7) is 9.91. The highest BCUT2D eigenvalue weighted by molar-refractivity contribution is 5.36. The third-order valence-corrected chi connectivity index (χ3v) is 5.01. The second kappa shape index (κ2) is 8.95. The predicted octanol–water partition coefficient (Wildman–Crippen LogP) is 1.69. The Kier molecular flexibility index (Phi) is 5.95. The molecule has 9 heteroatoms. The van der Waals surface area contributed by atoms with E-state index in [0.717, 1.165) is 74.7 Å². The van der Waals surface area contributed by atoms with E-state index >= 15 is 0 Å². The topological polar surface area (TPSA) is 87.9 Å². The van der Waals surface area contributed by atoms with Crippen LogP contribution in [0.1, 0.15) is 17.8 Å². The minimum atomic E-state index is 0.736. The van der Waals surface area contributed by atoms with Gasteiger partial charge in [-0.05, 0) is 38.9 Å². The average Bonchev–Trinajstić information content (AvgIpc) is 3.10. The summed E-state index contributed by atoms with van der Waals surface area (Å²) in [6, 6.07) is 3.88. The Labute approximate surface area is 170 Å². The molecule has 0 saturated carbocycles. The Morgan fingerprint density at radius 3 is 2.55 bits per heavy atom. The van der Waals surface area contributed by atoms with E-state index in [1.807, 2.05) is 30.7 Å². The second-order valence-corrected chi connectivity index (χ2v) is 7.26. The number of aryl methyl sites for hydroxylation is 2. The molecule has 1 aliphatic rings. The van der Waals surface area contributed by atoms with Gasteiger partial charge in [-0.3, -0.25) is 9.88 Å². The normalized spacial score (nSPS) is 14.9. The monoisotopic (exact) mass is 393 g/mol. The maximum atomic E-state index is 4.64. The zero-order chi connectivity index (χ0) is 20.1. The van der Waals surface area contributed by atoms with E-state index in [9.17, 15) is 0 Å². The largest absolute Gasteiger partial charge is 0.369 e. The van der Waals surface area contributed by atoms with Crippen LogP contribution in [0.15, 0.2) is 36.9 Å². The van der Waals surface area contributed by atoms with Crippen LogP contribution in [0, 0.1) is 13.8 Å². The standard InChI is InChI=1S/C20H27N9/c1-16-13-17(2)29(26-16)19-15-21-14-18(25-19)22-7-4-8-27-9-11-28(12-10-27)20-23-5-3-6-24-20/h3,5-6,13-15H,4,7-12H2,1-2H3,(H,22,25). The molecular formula is C20H27N9. The van der Waals surface area contributed by atoms with Gasteiger partial charge in [0.05, 0.1) is 18.1 Å².